The molecule has 0 unspecified atom stereocenters. The number of nitriles is 1. The van der Waals surface area contributed by atoms with E-state index >= 15 is 0 Å². The van der Waals surface area contributed by atoms with Crippen LogP contribution in [0.3, 0.4) is 0 Å². The lowest BCUT2D eigenvalue weighted by Crippen LogP contribution is -2.05. The van der Waals surface area contributed by atoms with Gasteiger partial charge in [0.25, 0.3) is 0 Å². The molecule has 2 rings (SSSR count). The molecule has 0 aromatic heterocycles. The van der Waals surface area contributed by atoms with Crippen LogP contribution in [0, 0.1) is 17.1 Å². The molecule has 3 nitrogen and oxygen atoms in total. The van der Waals surface area contributed by atoms with Crippen molar-refractivity contribution in [3.8, 4) is 17.6 Å². The van der Waals surface area contributed by atoms with Crippen LogP contribution < -0.4 is 9.47 Å². The number of rotatable bonds is 6. The molecule has 2 aromatic carbocycles. The van der Waals surface area contributed by atoms with E-state index in [9.17, 15) is 4.39 Å². The predicted molar refractivity (Wildman–Crippen MR) is 78.2 cm³/mol. The molecule has 5 heteroatoms. The van der Waals surface area contributed by atoms with Crippen molar-refractivity contribution in [3.05, 3.63) is 58.9 Å². The monoisotopic (exact) mass is 305 g/mol. The number of hydrogen-bond acceptors (Lipinski definition) is 3. The summed E-state index contributed by atoms with van der Waals surface area (Å²) in [6, 6.07) is 13.3. The average Bonchev–Trinajstić information content (AvgIpc) is 2.51. The van der Waals surface area contributed by atoms with Crippen LogP contribution in [0.1, 0.15) is 12.0 Å². The third-order valence-corrected chi connectivity index (χ3v) is 3.00. The molecule has 0 spiro atoms. The molecular formula is C16H13ClFNO2. The number of hydrogen-bond donors (Lipinski definition) is 0. The van der Waals surface area contributed by atoms with E-state index in [0.717, 1.165) is 0 Å². The standard InChI is InChI=1S/C16H13ClFNO2/c17-14-10-13(6-7-15(14)18)20-8-3-9-21-16-5-2-1-4-12(16)11-19/h1-2,4-7,10H,3,8-9H2. The van der Waals surface area contributed by atoms with E-state index in [1.807, 2.05) is 6.07 Å². The Hall–Kier alpha value is -2.25. The van der Waals surface area contributed by atoms with Gasteiger partial charge in [-0.3, -0.25) is 0 Å². The third kappa shape index (κ3) is 4.37. The summed E-state index contributed by atoms with van der Waals surface area (Å²) in [5, 5.41) is 8.95. The average molecular weight is 306 g/mol. The molecule has 108 valence electrons. The van der Waals surface area contributed by atoms with E-state index in [-0.39, 0.29) is 5.02 Å². The lowest BCUT2D eigenvalue weighted by molar-refractivity contribution is 0.247. The third-order valence-electron chi connectivity index (χ3n) is 2.71. The van der Waals surface area contributed by atoms with Crippen LogP contribution in [-0.4, -0.2) is 13.2 Å². The fourth-order valence-electron chi connectivity index (χ4n) is 1.68. The van der Waals surface area contributed by atoms with E-state index in [0.29, 0.717) is 36.7 Å². The summed E-state index contributed by atoms with van der Waals surface area (Å²) in [5.74, 6) is 0.601. The highest BCUT2D eigenvalue weighted by Crippen LogP contribution is 2.21. The quantitative estimate of drug-likeness (QED) is 0.751. The second kappa shape index (κ2) is 7.51. The molecule has 0 heterocycles. The maximum Gasteiger partial charge on any atom is 0.142 e. The molecule has 0 aliphatic rings. The molecule has 0 atom stereocenters. The van der Waals surface area contributed by atoms with Gasteiger partial charge in [0.05, 0.1) is 23.8 Å². The normalized spacial score (nSPS) is 9.95. The summed E-state index contributed by atoms with van der Waals surface area (Å²) in [6.07, 6.45) is 0.634. The minimum atomic E-state index is -0.472. The van der Waals surface area contributed by atoms with Gasteiger partial charge in [0, 0.05) is 12.5 Å². The Morgan fingerprint density at radius 2 is 1.86 bits per heavy atom. The zero-order chi connectivity index (χ0) is 15.1. The molecule has 0 aliphatic heterocycles. The molecule has 0 radical (unpaired) electrons. The maximum atomic E-state index is 13.0. The number of halogens is 2. The summed E-state index contributed by atoms with van der Waals surface area (Å²) in [6.45, 7) is 0.838. The first-order valence-corrected chi connectivity index (χ1v) is 6.78. The number of nitrogens with zero attached hydrogens (tertiary/aromatic N) is 1. The lowest BCUT2D eigenvalue weighted by atomic mass is 10.2. The second-order valence-electron chi connectivity index (χ2n) is 4.23. The van der Waals surface area contributed by atoms with E-state index in [1.165, 1.54) is 18.2 Å². The molecule has 2 aromatic rings. The van der Waals surface area contributed by atoms with Crippen LogP contribution in [0.4, 0.5) is 4.39 Å². The van der Waals surface area contributed by atoms with E-state index < -0.39 is 5.82 Å². The van der Waals surface area contributed by atoms with Gasteiger partial charge in [-0.05, 0) is 24.3 Å². The molecule has 0 fully saturated rings. The van der Waals surface area contributed by atoms with Gasteiger partial charge in [0.15, 0.2) is 0 Å². The Morgan fingerprint density at radius 1 is 1.10 bits per heavy atom. The topological polar surface area (TPSA) is 42.2 Å². The van der Waals surface area contributed by atoms with Gasteiger partial charge in [-0.2, -0.15) is 5.26 Å². The fourth-order valence-corrected chi connectivity index (χ4v) is 1.85. The van der Waals surface area contributed by atoms with Crippen molar-refractivity contribution in [2.75, 3.05) is 13.2 Å². The lowest BCUT2D eigenvalue weighted by Gasteiger charge is -2.09. The Kier molecular flexibility index (Phi) is 5.42. The van der Waals surface area contributed by atoms with Gasteiger partial charge in [-0.1, -0.05) is 23.7 Å². The first kappa shape index (κ1) is 15.1. The second-order valence-corrected chi connectivity index (χ2v) is 4.64. The Morgan fingerprint density at radius 3 is 2.62 bits per heavy atom. The molecule has 0 aliphatic carbocycles. The highest BCUT2D eigenvalue weighted by Gasteiger charge is 2.03. The first-order chi connectivity index (χ1) is 10.2. The van der Waals surface area contributed by atoms with Crippen LogP contribution in [0.25, 0.3) is 0 Å². The molecule has 0 saturated carbocycles. The van der Waals surface area contributed by atoms with Crippen LogP contribution in [-0.2, 0) is 0 Å². The van der Waals surface area contributed by atoms with Crippen molar-refractivity contribution in [3.63, 3.8) is 0 Å². The van der Waals surface area contributed by atoms with E-state index in [1.54, 1.807) is 18.2 Å². The summed E-state index contributed by atoms with van der Waals surface area (Å²) in [7, 11) is 0. The van der Waals surface area contributed by atoms with Gasteiger partial charge >= 0.3 is 0 Å². The van der Waals surface area contributed by atoms with Crippen molar-refractivity contribution in [2.24, 2.45) is 0 Å². The highest BCUT2D eigenvalue weighted by molar-refractivity contribution is 6.30. The van der Waals surface area contributed by atoms with E-state index in [2.05, 4.69) is 6.07 Å². The largest absolute Gasteiger partial charge is 0.493 e. The van der Waals surface area contributed by atoms with Crippen molar-refractivity contribution < 1.29 is 13.9 Å². The molecule has 0 saturated heterocycles. The zero-order valence-corrected chi connectivity index (χ0v) is 11.9. The molecule has 0 bridgehead atoms. The van der Waals surface area contributed by atoms with Gasteiger partial charge < -0.3 is 9.47 Å². The predicted octanol–water partition coefficient (Wildman–Crippen LogP) is 4.20. The fraction of sp³-hybridized carbons (Fsp3) is 0.188. The molecular weight excluding hydrogens is 293 g/mol. The Bertz CT molecular complexity index is 655. The van der Waals surface area contributed by atoms with Crippen LogP contribution in [0.5, 0.6) is 11.5 Å². The first-order valence-electron chi connectivity index (χ1n) is 6.40. The minimum Gasteiger partial charge on any atom is -0.493 e. The summed E-state index contributed by atoms with van der Waals surface area (Å²) in [5.41, 5.74) is 0.503. The summed E-state index contributed by atoms with van der Waals surface area (Å²) >= 11 is 5.66. The number of benzene rings is 2. The number of ether oxygens (including phenoxy) is 2. The van der Waals surface area contributed by atoms with Gasteiger partial charge in [0.2, 0.25) is 0 Å². The molecule has 0 N–H and O–H groups in total. The van der Waals surface area contributed by atoms with Gasteiger partial charge in [0.1, 0.15) is 23.4 Å². The van der Waals surface area contributed by atoms with Crippen molar-refractivity contribution >= 4 is 11.6 Å². The van der Waals surface area contributed by atoms with E-state index in [4.69, 9.17) is 26.3 Å². The van der Waals surface area contributed by atoms with Crippen molar-refractivity contribution in [1.82, 2.24) is 0 Å². The van der Waals surface area contributed by atoms with Crippen molar-refractivity contribution in [1.29, 1.82) is 5.26 Å². The zero-order valence-electron chi connectivity index (χ0n) is 11.2. The van der Waals surface area contributed by atoms with Gasteiger partial charge in [-0.25, -0.2) is 4.39 Å². The smallest absolute Gasteiger partial charge is 0.142 e. The minimum absolute atomic E-state index is 0.0340. The molecule has 21 heavy (non-hydrogen) atoms. The Balaban J connectivity index is 1.75. The van der Waals surface area contributed by atoms with Crippen molar-refractivity contribution in [2.45, 2.75) is 6.42 Å². The summed E-state index contributed by atoms with van der Waals surface area (Å²) < 4.78 is 23.9. The summed E-state index contributed by atoms with van der Waals surface area (Å²) in [4.78, 5) is 0. The van der Waals surface area contributed by atoms with Crippen LogP contribution in [0.2, 0.25) is 5.02 Å². The van der Waals surface area contributed by atoms with Gasteiger partial charge in [-0.15, -0.1) is 0 Å². The van der Waals surface area contributed by atoms with Crippen LogP contribution >= 0.6 is 11.6 Å². The maximum absolute atomic E-state index is 13.0. The molecule has 0 amide bonds. The van der Waals surface area contributed by atoms with Crippen LogP contribution in [0.15, 0.2) is 42.5 Å². The SMILES string of the molecule is N#Cc1ccccc1OCCCOc1ccc(F)c(Cl)c1. The number of para-hydroxylation sites is 1. The Labute approximate surface area is 127 Å². The highest BCUT2D eigenvalue weighted by atomic mass is 35.5.